The molecule has 7 rings (SSSR count). The molecule has 0 saturated heterocycles. The lowest BCUT2D eigenvalue weighted by molar-refractivity contribution is 0.397. The number of fused-ring (bicyclic) bond motifs is 3. The van der Waals surface area contributed by atoms with E-state index in [0.717, 1.165) is 30.7 Å². The van der Waals surface area contributed by atoms with E-state index in [9.17, 15) is 0 Å². The highest BCUT2D eigenvalue weighted by Gasteiger charge is 2.31. The summed E-state index contributed by atoms with van der Waals surface area (Å²) < 4.78 is 1.38. The van der Waals surface area contributed by atoms with Crippen molar-refractivity contribution in [1.82, 2.24) is 0 Å². The number of hydrogen-bond donors (Lipinski definition) is 1. The molecular weight excluding hydrogens is 697 g/mol. The fourth-order valence-electron chi connectivity index (χ4n) is 7.72. The molecule has 288 valence electrons. The van der Waals surface area contributed by atoms with Crippen LogP contribution in [-0.4, -0.2) is 12.3 Å². The van der Waals surface area contributed by atoms with E-state index >= 15 is 0 Å². The number of allylic oxidation sites excluding steroid dienone is 12. The summed E-state index contributed by atoms with van der Waals surface area (Å²) >= 11 is 1.98. The van der Waals surface area contributed by atoms with Crippen molar-refractivity contribution in [2.24, 2.45) is 34.4 Å². The average Bonchev–Trinajstić information content (AvgIpc) is 3.58. The summed E-state index contributed by atoms with van der Waals surface area (Å²) in [7, 11) is 0. The third-order valence-electron chi connectivity index (χ3n) is 10.7. The van der Waals surface area contributed by atoms with E-state index in [-0.39, 0.29) is 0 Å². The Balaban J connectivity index is 0.000000281. The molecule has 0 radical (unpaired) electrons. The van der Waals surface area contributed by atoms with E-state index in [1.807, 2.05) is 61.6 Å². The standard InChI is InChI=1S/C36H37NS.C15H17N.C2H6/c1-23-9-7-11-27(19-23)22-37-26(4)28-15-17-33-34-18-16-29(21-36(34)38-35(33)20-28)31-13-8-14-32(25(31)3)30-12-6-5-10-24(30)2;1-3-8-14(12-7-9-13(2)16)15-10-5-4-6-11-15;1-2/h5-8,10-20,23,25,29,31H,9,21-22H2,1-4H3;3-8,10-12H,1-2,9,16H2;1-2H3/b;12-7-,14-8+;. The van der Waals surface area contributed by atoms with Gasteiger partial charge in [-0.15, -0.1) is 11.3 Å². The Morgan fingerprint density at radius 1 is 0.964 bits per heavy atom. The summed E-state index contributed by atoms with van der Waals surface area (Å²) in [4.78, 5) is 6.46. The zero-order valence-electron chi connectivity index (χ0n) is 34.3. The Labute approximate surface area is 341 Å². The van der Waals surface area contributed by atoms with E-state index in [0.29, 0.717) is 35.8 Å². The number of aryl methyl sites for hydroxylation is 1. The molecule has 56 heavy (non-hydrogen) atoms. The van der Waals surface area contributed by atoms with Crippen LogP contribution in [0, 0.1) is 30.6 Å². The van der Waals surface area contributed by atoms with Gasteiger partial charge in [-0.2, -0.15) is 0 Å². The first-order valence-electron chi connectivity index (χ1n) is 20.3. The fourth-order valence-corrected chi connectivity index (χ4v) is 9.03. The Hall–Kier alpha value is -5.25. The van der Waals surface area contributed by atoms with Gasteiger partial charge in [0.2, 0.25) is 0 Å². The molecule has 0 fully saturated rings. The zero-order chi connectivity index (χ0) is 40.0. The second-order valence-electron chi connectivity index (χ2n) is 14.8. The molecule has 2 nitrogen and oxygen atoms in total. The lowest BCUT2D eigenvalue weighted by Crippen LogP contribution is -2.24. The quantitative estimate of drug-likeness (QED) is 0.127. The van der Waals surface area contributed by atoms with Crippen LogP contribution in [0.5, 0.6) is 0 Å². The molecule has 3 heteroatoms. The summed E-state index contributed by atoms with van der Waals surface area (Å²) in [6, 6.07) is 25.9. The fraction of sp³-hybridized carbons (Fsp3) is 0.264. The van der Waals surface area contributed by atoms with Crippen molar-refractivity contribution < 1.29 is 0 Å². The molecule has 3 aromatic carbocycles. The average molecular weight is 757 g/mol. The molecular formula is C53H60N2S. The van der Waals surface area contributed by atoms with Gasteiger partial charge in [-0.05, 0) is 106 Å². The van der Waals surface area contributed by atoms with Crippen LogP contribution in [0.3, 0.4) is 0 Å². The zero-order valence-corrected chi connectivity index (χ0v) is 35.2. The van der Waals surface area contributed by atoms with Gasteiger partial charge in [-0.3, -0.25) is 4.99 Å². The van der Waals surface area contributed by atoms with Crippen molar-refractivity contribution >= 4 is 44.4 Å². The van der Waals surface area contributed by atoms with Crippen molar-refractivity contribution in [3.8, 4) is 0 Å². The van der Waals surface area contributed by atoms with Crippen LogP contribution in [0.25, 0.3) is 27.3 Å². The molecule has 4 aromatic rings. The summed E-state index contributed by atoms with van der Waals surface area (Å²) in [5.74, 6) is 2.15. The minimum atomic E-state index is 0.495. The lowest BCUT2D eigenvalue weighted by atomic mass is 9.71. The number of rotatable bonds is 10. The van der Waals surface area contributed by atoms with Crippen molar-refractivity contribution in [1.29, 1.82) is 0 Å². The smallest absolute Gasteiger partial charge is 0.0640 e. The van der Waals surface area contributed by atoms with E-state index in [2.05, 4.69) is 144 Å². The Kier molecular flexibility index (Phi) is 15.4. The van der Waals surface area contributed by atoms with Gasteiger partial charge in [0.15, 0.2) is 0 Å². The maximum atomic E-state index is 5.51. The van der Waals surface area contributed by atoms with Gasteiger partial charge >= 0.3 is 0 Å². The molecule has 4 atom stereocenters. The van der Waals surface area contributed by atoms with Crippen molar-refractivity contribution in [3.63, 3.8) is 0 Å². The van der Waals surface area contributed by atoms with Crippen molar-refractivity contribution in [2.45, 2.75) is 60.8 Å². The molecule has 3 aliphatic rings. The van der Waals surface area contributed by atoms with Crippen LogP contribution in [0.1, 0.15) is 80.2 Å². The maximum Gasteiger partial charge on any atom is 0.0640 e. The first-order valence-corrected chi connectivity index (χ1v) is 21.1. The molecule has 1 heterocycles. The summed E-state index contributed by atoms with van der Waals surface area (Å²) in [5, 5.41) is 1.38. The summed E-state index contributed by atoms with van der Waals surface area (Å²) in [6.45, 7) is 21.2. The summed E-state index contributed by atoms with van der Waals surface area (Å²) in [6.07, 6.45) is 29.6. The lowest BCUT2D eigenvalue weighted by Gasteiger charge is -2.33. The third kappa shape index (κ3) is 10.7. The predicted octanol–water partition coefficient (Wildman–Crippen LogP) is 14.3. The Morgan fingerprint density at radius 3 is 2.46 bits per heavy atom. The van der Waals surface area contributed by atoms with Crippen molar-refractivity contribution in [3.05, 3.63) is 197 Å². The van der Waals surface area contributed by atoms with Gasteiger partial charge in [-0.25, -0.2) is 0 Å². The largest absolute Gasteiger partial charge is 0.402 e. The van der Waals surface area contributed by atoms with E-state index in [1.165, 1.54) is 53.9 Å². The topological polar surface area (TPSA) is 38.4 Å². The third-order valence-corrected chi connectivity index (χ3v) is 11.9. The molecule has 2 N–H and O–H groups in total. The molecule has 0 aliphatic heterocycles. The molecule has 0 bridgehead atoms. The van der Waals surface area contributed by atoms with Crippen LogP contribution < -0.4 is 5.73 Å². The van der Waals surface area contributed by atoms with Crippen molar-refractivity contribution in [2.75, 3.05) is 6.54 Å². The van der Waals surface area contributed by atoms with Gasteiger partial charge < -0.3 is 5.73 Å². The normalized spacial score (nSPS) is 20.3. The highest BCUT2D eigenvalue weighted by atomic mass is 32.1. The first-order chi connectivity index (χ1) is 27.2. The van der Waals surface area contributed by atoms with Crippen LogP contribution in [0.15, 0.2) is 169 Å². The number of aliphatic imine (C=N–C) groups is 1. The molecule has 0 amide bonds. The molecule has 1 aromatic heterocycles. The SMILES string of the molecule is C=C/C=C(\C=C/CC(=C)N)c1ccccc1.CC.CC(=NCC1=CC(C)CC=C1)c1ccc2c3c(sc2c1)CC(C1C=CC=C(c2ccccc2C)C1C)C=C3. The van der Waals surface area contributed by atoms with Gasteiger partial charge in [-0.1, -0.05) is 180 Å². The van der Waals surface area contributed by atoms with E-state index in [1.54, 1.807) is 6.08 Å². The van der Waals surface area contributed by atoms with Gasteiger partial charge in [0, 0.05) is 27.4 Å². The number of hydrogen-bond acceptors (Lipinski definition) is 3. The second-order valence-corrected chi connectivity index (χ2v) is 15.9. The van der Waals surface area contributed by atoms with Gasteiger partial charge in [0.1, 0.15) is 0 Å². The van der Waals surface area contributed by atoms with E-state index < -0.39 is 0 Å². The minimum absolute atomic E-state index is 0.495. The highest BCUT2D eigenvalue weighted by molar-refractivity contribution is 7.19. The minimum Gasteiger partial charge on any atom is -0.402 e. The van der Waals surface area contributed by atoms with Crippen LogP contribution >= 0.6 is 11.3 Å². The number of nitrogens with zero attached hydrogens (tertiary/aromatic N) is 1. The number of nitrogens with two attached hydrogens (primary N) is 1. The Morgan fingerprint density at radius 2 is 1.73 bits per heavy atom. The number of benzene rings is 3. The predicted molar refractivity (Wildman–Crippen MR) is 250 cm³/mol. The molecule has 0 spiro atoms. The highest BCUT2D eigenvalue weighted by Crippen LogP contribution is 2.44. The first kappa shape index (κ1) is 41.9. The monoisotopic (exact) mass is 756 g/mol. The van der Waals surface area contributed by atoms with Crippen LogP contribution in [-0.2, 0) is 6.42 Å². The number of thiophene rings is 1. The van der Waals surface area contributed by atoms with Gasteiger partial charge in [0.25, 0.3) is 0 Å². The summed E-state index contributed by atoms with van der Waals surface area (Å²) in [5.41, 5.74) is 17.8. The molecule has 3 aliphatic carbocycles. The maximum absolute atomic E-state index is 5.51. The second kappa shape index (κ2) is 20.6. The van der Waals surface area contributed by atoms with Crippen LogP contribution in [0.4, 0.5) is 0 Å². The van der Waals surface area contributed by atoms with Crippen LogP contribution in [0.2, 0.25) is 0 Å². The molecule has 4 unspecified atom stereocenters. The molecule has 0 saturated carbocycles. The van der Waals surface area contributed by atoms with Gasteiger partial charge in [0.05, 0.1) is 6.54 Å². The van der Waals surface area contributed by atoms with E-state index in [4.69, 9.17) is 10.7 Å². The Bertz CT molecular complexity index is 2230.